The molecule has 7 heteroatoms. The first-order chi connectivity index (χ1) is 8.72. The van der Waals surface area contributed by atoms with Gasteiger partial charge < -0.3 is 4.74 Å². The lowest BCUT2D eigenvalue weighted by atomic mass is 10.2. The van der Waals surface area contributed by atoms with Crippen LogP contribution in [0.1, 0.15) is 25.3 Å². The predicted molar refractivity (Wildman–Crippen MR) is 70.3 cm³/mol. The highest BCUT2D eigenvalue weighted by atomic mass is 32.1. The van der Waals surface area contributed by atoms with Crippen LogP contribution in [0.15, 0.2) is 6.20 Å². The molecule has 0 saturated carbocycles. The highest BCUT2D eigenvalue weighted by molar-refractivity contribution is 7.16. The fraction of sp³-hybridized carbons (Fsp3) is 0.364. The van der Waals surface area contributed by atoms with E-state index in [1.807, 2.05) is 6.92 Å². The highest BCUT2D eigenvalue weighted by Crippen LogP contribution is 2.27. The Balaban J connectivity index is 1.76. The van der Waals surface area contributed by atoms with E-state index in [1.54, 1.807) is 6.20 Å². The minimum atomic E-state index is -0.146. The number of anilines is 1. The number of carbonyl (C=O) groups excluding carboxylic acids is 1. The number of rotatable bonds is 2. The molecule has 0 unspecified atom stereocenters. The molecule has 0 spiro atoms. The molecule has 1 amide bonds. The summed E-state index contributed by atoms with van der Waals surface area (Å²) in [5.74, 6) is -0.146. The van der Waals surface area contributed by atoms with Crippen LogP contribution in [0, 0.1) is 6.92 Å². The summed E-state index contributed by atoms with van der Waals surface area (Å²) in [6.45, 7) is 3.18. The molecule has 0 radical (unpaired) electrons. The molecular formula is C11H11N3O2S2. The number of carbonyl (C=O) groups is 1. The smallest absolute Gasteiger partial charge is 0.269 e. The van der Waals surface area contributed by atoms with Gasteiger partial charge in [0.05, 0.1) is 35.0 Å². The van der Waals surface area contributed by atoms with E-state index in [0.29, 0.717) is 23.2 Å². The molecule has 18 heavy (non-hydrogen) atoms. The van der Waals surface area contributed by atoms with E-state index >= 15 is 0 Å². The molecule has 0 bridgehead atoms. The number of thiazole rings is 2. The minimum absolute atomic E-state index is 0.146. The van der Waals surface area contributed by atoms with Gasteiger partial charge in [-0.15, -0.1) is 11.3 Å². The maximum Gasteiger partial charge on any atom is 0.269 e. The van der Waals surface area contributed by atoms with Crippen LogP contribution in [0.2, 0.25) is 0 Å². The summed E-state index contributed by atoms with van der Waals surface area (Å²) in [6.07, 6.45) is 2.41. The molecule has 0 aromatic carbocycles. The molecule has 2 aromatic rings. The first-order valence-electron chi connectivity index (χ1n) is 5.52. The summed E-state index contributed by atoms with van der Waals surface area (Å²) in [6, 6.07) is 0. The van der Waals surface area contributed by atoms with Crippen LogP contribution in [0.3, 0.4) is 0 Å². The Morgan fingerprint density at radius 2 is 2.39 bits per heavy atom. The molecule has 0 atom stereocenters. The van der Waals surface area contributed by atoms with Gasteiger partial charge in [0.2, 0.25) is 0 Å². The van der Waals surface area contributed by atoms with Crippen molar-refractivity contribution in [2.45, 2.75) is 20.0 Å². The van der Waals surface area contributed by atoms with Crippen molar-refractivity contribution in [3.8, 4) is 0 Å². The molecule has 3 heterocycles. The van der Waals surface area contributed by atoms with Crippen LogP contribution >= 0.6 is 22.7 Å². The van der Waals surface area contributed by atoms with Crippen molar-refractivity contribution in [3.63, 3.8) is 0 Å². The fourth-order valence-corrected chi connectivity index (χ4v) is 3.32. The van der Waals surface area contributed by atoms with E-state index in [4.69, 9.17) is 4.74 Å². The highest BCUT2D eigenvalue weighted by Gasteiger charge is 2.17. The lowest BCUT2D eigenvalue weighted by Crippen LogP contribution is -2.10. The Morgan fingerprint density at radius 3 is 3.11 bits per heavy atom. The van der Waals surface area contributed by atoms with Gasteiger partial charge in [0.25, 0.3) is 5.91 Å². The van der Waals surface area contributed by atoms with Gasteiger partial charge in [-0.25, -0.2) is 9.97 Å². The number of amides is 1. The molecule has 2 aromatic heterocycles. The van der Waals surface area contributed by atoms with Crippen LogP contribution in [-0.4, -0.2) is 22.5 Å². The lowest BCUT2D eigenvalue weighted by molar-refractivity contribution is 0.103. The number of hydrogen-bond donors (Lipinski definition) is 1. The third-order valence-corrected chi connectivity index (χ3v) is 4.46. The van der Waals surface area contributed by atoms with Gasteiger partial charge >= 0.3 is 0 Å². The monoisotopic (exact) mass is 281 g/mol. The summed E-state index contributed by atoms with van der Waals surface area (Å²) in [7, 11) is 0. The number of aromatic nitrogens is 2. The van der Waals surface area contributed by atoms with E-state index in [-0.39, 0.29) is 5.91 Å². The van der Waals surface area contributed by atoms with Gasteiger partial charge in [0, 0.05) is 6.42 Å². The molecule has 0 fully saturated rings. The standard InChI is InChI=1S/C11H11N3O2S2/c1-6-12-4-8(17-6)10(15)14-11-13-7-2-3-16-5-9(7)18-11/h4H,2-3,5H2,1H3,(H,13,14,15). The number of hydrogen-bond acceptors (Lipinski definition) is 6. The topological polar surface area (TPSA) is 64.1 Å². The predicted octanol–water partition coefficient (Wildman–Crippen LogP) is 2.23. The Bertz CT molecular complexity index is 567. The van der Waals surface area contributed by atoms with Crippen LogP contribution in [0.25, 0.3) is 0 Å². The number of fused-ring (bicyclic) bond motifs is 1. The van der Waals surface area contributed by atoms with Gasteiger partial charge in [-0.1, -0.05) is 11.3 Å². The zero-order valence-electron chi connectivity index (χ0n) is 9.73. The number of nitrogens with zero attached hydrogens (tertiary/aromatic N) is 2. The molecule has 3 rings (SSSR count). The van der Waals surface area contributed by atoms with Crippen molar-refractivity contribution in [3.05, 3.63) is 26.7 Å². The lowest BCUT2D eigenvalue weighted by Gasteiger charge is -2.08. The second-order valence-corrected chi connectivity index (χ2v) is 6.21. The van der Waals surface area contributed by atoms with Crippen LogP contribution in [0.5, 0.6) is 0 Å². The third-order valence-electron chi connectivity index (χ3n) is 2.56. The van der Waals surface area contributed by atoms with E-state index in [9.17, 15) is 4.79 Å². The van der Waals surface area contributed by atoms with Gasteiger partial charge in [-0.2, -0.15) is 0 Å². The molecule has 5 nitrogen and oxygen atoms in total. The van der Waals surface area contributed by atoms with Gasteiger partial charge in [0.15, 0.2) is 5.13 Å². The van der Waals surface area contributed by atoms with E-state index in [1.165, 1.54) is 22.7 Å². The van der Waals surface area contributed by atoms with E-state index < -0.39 is 0 Å². The van der Waals surface area contributed by atoms with Crippen molar-refractivity contribution in [1.82, 2.24) is 9.97 Å². The molecule has 1 aliphatic heterocycles. The van der Waals surface area contributed by atoms with Crippen LogP contribution in [-0.2, 0) is 17.8 Å². The Labute approximate surface area is 112 Å². The summed E-state index contributed by atoms with van der Waals surface area (Å²) in [5.41, 5.74) is 1.04. The zero-order chi connectivity index (χ0) is 12.5. The van der Waals surface area contributed by atoms with Gasteiger partial charge in [-0.3, -0.25) is 10.1 Å². The number of ether oxygens (including phenoxy) is 1. The summed E-state index contributed by atoms with van der Waals surface area (Å²) in [4.78, 5) is 22.1. The SMILES string of the molecule is Cc1ncc(C(=O)Nc2nc3c(s2)COCC3)s1. The van der Waals surface area contributed by atoms with Crippen LogP contribution < -0.4 is 5.32 Å². The Hall–Kier alpha value is -1.31. The minimum Gasteiger partial charge on any atom is -0.375 e. The summed E-state index contributed by atoms with van der Waals surface area (Å²) >= 11 is 2.86. The van der Waals surface area contributed by atoms with E-state index in [2.05, 4.69) is 15.3 Å². The second kappa shape index (κ2) is 4.75. The third kappa shape index (κ3) is 2.29. The van der Waals surface area contributed by atoms with Gasteiger partial charge in [0.1, 0.15) is 4.88 Å². The fourth-order valence-electron chi connectivity index (χ4n) is 1.70. The molecule has 1 aliphatic rings. The summed E-state index contributed by atoms with van der Waals surface area (Å²) in [5, 5.41) is 4.33. The molecule has 1 N–H and O–H groups in total. The zero-order valence-corrected chi connectivity index (χ0v) is 11.4. The van der Waals surface area contributed by atoms with Crippen molar-refractivity contribution in [2.75, 3.05) is 11.9 Å². The van der Waals surface area contributed by atoms with Crippen molar-refractivity contribution in [1.29, 1.82) is 0 Å². The second-order valence-electron chi connectivity index (χ2n) is 3.89. The Morgan fingerprint density at radius 1 is 1.50 bits per heavy atom. The molecule has 0 aliphatic carbocycles. The number of aryl methyl sites for hydroxylation is 1. The normalized spacial score (nSPS) is 14.3. The van der Waals surface area contributed by atoms with Gasteiger partial charge in [-0.05, 0) is 6.92 Å². The quantitative estimate of drug-likeness (QED) is 0.917. The maximum absolute atomic E-state index is 11.9. The molecule has 0 saturated heterocycles. The number of nitrogens with one attached hydrogen (secondary N) is 1. The first-order valence-corrected chi connectivity index (χ1v) is 7.16. The Kier molecular flexibility index (Phi) is 3.11. The van der Waals surface area contributed by atoms with Crippen molar-refractivity contribution < 1.29 is 9.53 Å². The van der Waals surface area contributed by atoms with E-state index in [0.717, 1.165) is 22.0 Å². The average molecular weight is 281 g/mol. The molecular weight excluding hydrogens is 270 g/mol. The summed E-state index contributed by atoms with van der Waals surface area (Å²) < 4.78 is 5.35. The average Bonchev–Trinajstić information content (AvgIpc) is 2.94. The largest absolute Gasteiger partial charge is 0.375 e. The molecule has 94 valence electrons. The van der Waals surface area contributed by atoms with Crippen molar-refractivity contribution in [2.24, 2.45) is 0 Å². The van der Waals surface area contributed by atoms with Crippen LogP contribution in [0.4, 0.5) is 5.13 Å². The maximum atomic E-state index is 11.9. The first kappa shape index (κ1) is 11.8. The van der Waals surface area contributed by atoms with Crippen molar-refractivity contribution >= 4 is 33.7 Å².